The maximum Gasteiger partial charge on any atom is 0.221 e. The zero-order valence-corrected chi connectivity index (χ0v) is 10.7. The summed E-state index contributed by atoms with van der Waals surface area (Å²) in [5.74, 6) is 0.614. The number of amides is 1. The van der Waals surface area contributed by atoms with Gasteiger partial charge in [-0.15, -0.1) is 0 Å². The molecule has 0 aliphatic heterocycles. The van der Waals surface area contributed by atoms with Gasteiger partial charge in [0, 0.05) is 6.42 Å². The Bertz CT molecular complexity index is 294. The summed E-state index contributed by atoms with van der Waals surface area (Å²) in [6, 6.07) is 0. The highest BCUT2D eigenvalue weighted by Crippen LogP contribution is 2.29. The first-order valence-electron chi connectivity index (χ1n) is 6.37. The zero-order chi connectivity index (χ0) is 12.9. The van der Waals surface area contributed by atoms with Crippen molar-refractivity contribution in [2.24, 2.45) is 16.8 Å². The topological polar surface area (TPSA) is 87.7 Å². The predicted octanol–water partition coefficient (Wildman–Crippen LogP) is 1.60. The Morgan fingerprint density at radius 2 is 2.06 bits per heavy atom. The van der Waals surface area contributed by atoms with Gasteiger partial charge in [0.15, 0.2) is 5.84 Å². The standard InChI is InChI=1S/C12H23N3O2/c1-3-12(4-2,11(13)15-17)14-10(16)8-9-6-5-7-9/h9,17H,3-8H2,1-2H3,(H2,13,15)(H,14,16). The van der Waals surface area contributed by atoms with Crippen molar-refractivity contribution in [1.82, 2.24) is 5.32 Å². The molecule has 0 saturated heterocycles. The molecule has 1 fully saturated rings. The van der Waals surface area contributed by atoms with E-state index in [0.29, 0.717) is 25.2 Å². The van der Waals surface area contributed by atoms with E-state index in [4.69, 9.17) is 10.9 Å². The second-order valence-corrected chi connectivity index (χ2v) is 4.82. The van der Waals surface area contributed by atoms with E-state index in [1.54, 1.807) is 0 Å². The highest BCUT2D eigenvalue weighted by Gasteiger charge is 2.34. The normalized spacial score (nSPS) is 17.6. The van der Waals surface area contributed by atoms with E-state index in [0.717, 1.165) is 12.8 Å². The van der Waals surface area contributed by atoms with Crippen molar-refractivity contribution in [2.75, 3.05) is 0 Å². The number of hydrogen-bond donors (Lipinski definition) is 3. The first-order valence-corrected chi connectivity index (χ1v) is 6.37. The van der Waals surface area contributed by atoms with Gasteiger partial charge in [0.05, 0.1) is 0 Å². The first-order chi connectivity index (χ1) is 8.07. The SMILES string of the molecule is CCC(CC)(NC(=O)CC1CCC1)C(N)=NO. The van der Waals surface area contributed by atoms with Crippen molar-refractivity contribution in [1.29, 1.82) is 0 Å². The number of oxime groups is 1. The van der Waals surface area contributed by atoms with Gasteiger partial charge in [0.2, 0.25) is 5.91 Å². The second-order valence-electron chi connectivity index (χ2n) is 4.82. The maximum atomic E-state index is 11.9. The molecule has 1 aliphatic carbocycles. The van der Waals surface area contributed by atoms with Gasteiger partial charge >= 0.3 is 0 Å². The van der Waals surface area contributed by atoms with Gasteiger partial charge in [-0.1, -0.05) is 25.4 Å². The molecule has 0 heterocycles. The predicted molar refractivity (Wildman–Crippen MR) is 66.8 cm³/mol. The van der Waals surface area contributed by atoms with Crippen LogP contribution in [0.2, 0.25) is 0 Å². The lowest BCUT2D eigenvalue weighted by Gasteiger charge is -2.33. The fourth-order valence-electron chi connectivity index (χ4n) is 2.23. The van der Waals surface area contributed by atoms with Crippen LogP contribution in [-0.4, -0.2) is 22.5 Å². The third-order valence-corrected chi connectivity index (χ3v) is 3.88. The van der Waals surface area contributed by atoms with E-state index in [2.05, 4.69) is 10.5 Å². The molecule has 5 heteroatoms. The van der Waals surface area contributed by atoms with Crippen molar-refractivity contribution in [3.8, 4) is 0 Å². The summed E-state index contributed by atoms with van der Waals surface area (Å²) in [5.41, 5.74) is 4.99. The number of nitrogens with one attached hydrogen (secondary N) is 1. The zero-order valence-electron chi connectivity index (χ0n) is 10.7. The van der Waals surface area contributed by atoms with Gasteiger partial charge in [-0.25, -0.2) is 0 Å². The Morgan fingerprint density at radius 1 is 1.47 bits per heavy atom. The van der Waals surface area contributed by atoms with Crippen LogP contribution in [0.15, 0.2) is 5.16 Å². The van der Waals surface area contributed by atoms with E-state index >= 15 is 0 Å². The van der Waals surface area contributed by atoms with Crippen LogP contribution >= 0.6 is 0 Å². The lowest BCUT2D eigenvalue weighted by Crippen LogP contribution is -2.57. The molecule has 1 rings (SSSR count). The number of rotatable bonds is 6. The molecule has 0 aromatic heterocycles. The molecule has 1 saturated carbocycles. The molecule has 98 valence electrons. The smallest absolute Gasteiger partial charge is 0.221 e. The quantitative estimate of drug-likeness (QED) is 0.285. The molecule has 0 unspecified atom stereocenters. The van der Waals surface area contributed by atoms with Gasteiger partial charge in [0.1, 0.15) is 5.54 Å². The number of hydrogen-bond acceptors (Lipinski definition) is 3. The summed E-state index contributed by atoms with van der Waals surface area (Å²) in [6.07, 6.45) is 5.31. The summed E-state index contributed by atoms with van der Waals surface area (Å²) in [4.78, 5) is 11.9. The van der Waals surface area contributed by atoms with E-state index < -0.39 is 5.54 Å². The first kappa shape index (κ1) is 13.8. The molecule has 1 amide bonds. The Labute approximate surface area is 102 Å². The fraction of sp³-hybridized carbons (Fsp3) is 0.833. The minimum absolute atomic E-state index is 0.00463. The summed E-state index contributed by atoms with van der Waals surface area (Å²) in [5, 5.41) is 14.8. The van der Waals surface area contributed by atoms with Crippen molar-refractivity contribution >= 4 is 11.7 Å². The molecule has 17 heavy (non-hydrogen) atoms. The summed E-state index contributed by atoms with van der Waals surface area (Å²) < 4.78 is 0. The average Bonchev–Trinajstić information content (AvgIpc) is 2.30. The highest BCUT2D eigenvalue weighted by atomic mass is 16.4. The van der Waals surface area contributed by atoms with E-state index in [-0.39, 0.29) is 11.7 Å². The highest BCUT2D eigenvalue weighted by molar-refractivity contribution is 5.93. The summed E-state index contributed by atoms with van der Waals surface area (Å²) >= 11 is 0. The van der Waals surface area contributed by atoms with Crippen LogP contribution in [0.5, 0.6) is 0 Å². The maximum absolute atomic E-state index is 11.9. The van der Waals surface area contributed by atoms with Gasteiger partial charge < -0.3 is 16.3 Å². The van der Waals surface area contributed by atoms with Crippen LogP contribution in [0, 0.1) is 5.92 Å². The van der Waals surface area contributed by atoms with Gasteiger partial charge in [0.25, 0.3) is 0 Å². The van der Waals surface area contributed by atoms with E-state index in [9.17, 15) is 4.79 Å². The van der Waals surface area contributed by atoms with Crippen molar-refractivity contribution in [3.63, 3.8) is 0 Å². The molecule has 0 spiro atoms. The Hall–Kier alpha value is -1.26. The minimum Gasteiger partial charge on any atom is -0.409 e. The molecule has 0 aromatic carbocycles. The summed E-state index contributed by atoms with van der Waals surface area (Å²) in [6.45, 7) is 3.84. The van der Waals surface area contributed by atoms with E-state index in [1.165, 1.54) is 6.42 Å². The van der Waals surface area contributed by atoms with Crippen LogP contribution < -0.4 is 11.1 Å². The second kappa shape index (κ2) is 5.89. The fourth-order valence-corrected chi connectivity index (χ4v) is 2.23. The number of amidine groups is 1. The number of carbonyl (C=O) groups is 1. The lowest BCUT2D eigenvalue weighted by molar-refractivity contribution is -0.124. The molecule has 0 radical (unpaired) electrons. The Kier molecular flexibility index (Phi) is 4.78. The molecule has 5 nitrogen and oxygen atoms in total. The van der Waals surface area contributed by atoms with Crippen LogP contribution in [0.1, 0.15) is 52.4 Å². The number of carbonyl (C=O) groups excluding carboxylic acids is 1. The third-order valence-electron chi connectivity index (χ3n) is 3.88. The largest absolute Gasteiger partial charge is 0.409 e. The van der Waals surface area contributed by atoms with Crippen LogP contribution in [0.3, 0.4) is 0 Å². The van der Waals surface area contributed by atoms with E-state index in [1.807, 2.05) is 13.8 Å². The molecule has 0 aromatic rings. The summed E-state index contributed by atoms with van der Waals surface area (Å²) in [7, 11) is 0. The van der Waals surface area contributed by atoms with Gasteiger partial charge in [-0.2, -0.15) is 0 Å². The van der Waals surface area contributed by atoms with Crippen molar-refractivity contribution in [3.05, 3.63) is 0 Å². The van der Waals surface area contributed by atoms with Crippen LogP contribution in [-0.2, 0) is 4.79 Å². The molecular formula is C12H23N3O2. The minimum atomic E-state index is -0.699. The Balaban J connectivity index is 2.61. The average molecular weight is 241 g/mol. The molecule has 4 N–H and O–H groups in total. The number of nitrogens with zero attached hydrogens (tertiary/aromatic N) is 1. The van der Waals surface area contributed by atoms with Crippen LogP contribution in [0.25, 0.3) is 0 Å². The van der Waals surface area contributed by atoms with Gasteiger partial charge in [-0.3, -0.25) is 4.79 Å². The van der Waals surface area contributed by atoms with Gasteiger partial charge in [-0.05, 0) is 31.6 Å². The lowest BCUT2D eigenvalue weighted by atomic mass is 9.82. The number of nitrogens with two attached hydrogens (primary N) is 1. The monoisotopic (exact) mass is 241 g/mol. The van der Waals surface area contributed by atoms with Crippen molar-refractivity contribution in [2.45, 2.75) is 57.9 Å². The van der Waals surface area contributed by atoms with Crippen molar-refractivity contribution < 1.29 is 10.0 Å². The third kappa shape index (κ3) is 3.11. The van der Waals surface area contributed by atoms with Crippen LogP contribution in [0.4, 0.5) is 0 Å². The molecule has 0 bridgehead atoms. The Morgan fingerprint density at radius 3 is 2.41 bits per heavy atom. The molecular weight excluding hydrogens is 218 g/mol. The molecule has 1 aliphatic rings. The molecule has 0 atom stereocenters.